The largest absolute Gasteiger partial charge is 0.357 e. The molecule has 5 nitrogen and oxygen atoms in total. The molecule has 0 saturated carbocycles. The van der Waals surface area contributed by atoms with Gasteiger partial charge in [0.05, 0.1) is 0 Å². The molecule has 0 spiro atoms. The molecule has 2 aliphatic rings. The highest BCUT2D eigenvalue weighted by atomic mass is 16.2. The van der Waals surface area contributed by atoms with Crippen molar-refractivity contribution in [2.24, 2.45) is 0 Å². The van der Waals surface area contributed by atoms with Gasteiger partial charge in [-0.15, -0.1) is 0 Å². The highest BCUT2D eigenvalue weighted by Crippen LogP contribution is 2.20. The van der Waals surface area contributed by atoms with Crippen molar-refractivity contribution < 1.29 is 4.79 Å². The zero-order chi connectivity index (χ0) is 17.8. The van der Waals surface area contributed by atoms with E-state index >= 15 is 0 Å². The number of hydrogen-bond donors (Lipinski definition) is 0. The van der Waals surface area contributed by atoms with Crippen LogP contribution in [0, 0.1) is 0 Å². The Kier molecular flexibility index (Phi) is 5.16. The highest BCUT2D eigenvalue weighted by molar-refractivity contribution is 5.95. The number of hydrogen-bond acceptors (Lipinski definition) is 4. The number of carbonyl (C=O) groups excluding carboxylic acids is 1. The predicted octanol–water partition coefficient (Wildman–Crippen LogP) is 2.64. The summed E-state index contributed by atoms with van der Waals surface area (Å²) < 4.78 is 0. The SMILES string of the molecule is O=C(c1ccnc(N2CCCC2)c1)N1CCN(Cc2ccccc2)CC1. The summed E-state index contributed by atoms with van der Waals surface area (Å²) >= 11 is 0. The first kappa shape index (κ1) is 17.0. The van der Waals surface area contributed by atoms with E-state index in [9.17, 15) is 4.79 Å². The van der Waals surface area contributed by atoms with Crippen LogP contribution in [0.3, 0.4) is 0 Å². The number of nitrogens with zero attached hydrogens (tertiary/aromatic N) is 4. The third-order valence-electron chi connectivity index (χ3n) is 5.33. The van der Waals surface area contributed by atoms with E-state index in [-0.39, 0.29) is 5.91 Å². The van der Waals surface area contributed by atoms with E-state index in [0.29, 0.717) is 0 Å². The van der Waals surface area contributed by atoms with Gasteiger partial charge in [0.25, 0.3) is 5.91 Å². The Morgan fingerprint density at radius 2 is 1.65 bits per heavy atom. The molecule has 0 bridgehead atoms. The lowest BCUT2D eigenvalue weighted by molar-refractivity contribution is 0.0628. The van der Waals surface area contributed by atoms with E-state index in [1.807, 2.05) is 23.1 Å². The van der Waals surface area contributed by atoms with Gasteiger partial charge in [0.2, 0.25) is 0 Å². The number of anilines is 1. The predicted molar refractivity (Wildman–Crippen MR) is 103 cm³/mol. The first-order valence-electron chi connectivity index (χ1n) is 9.56. The average molecular weight is 350 g/mol. The van der Waals surface area contributed by atoms with Crippen molar-refractivity contribution in [3.8, 4) is 0 Å². The van der Waals surface area contributed by atoms with Crippen LogP contribution in [0.15, 0.2) is 48.7 Å². The summed E-state index contributed by atoms with van der Waals surface area (Å²) in [5.74, 6) is 1.07. The van der Waals surface area contributed by atoms with Crippen LogP contribution in [-0.4, -0.2) is 60.0 Å². The second-order valence-corrected chi connectivity index (χ2v) is 7.15. The quantitative estimate of drug-likeness (QED) is 0.850. The molecule has 0 radical (unpaired) electrons. The fourth-order valence-electron chi connectivity index (χ4n) is 3.80. The molecule has 1 aromatic heterocycles. The number of benzene rings is 1. The van der Waals surface area contributed by atoms with E-state index in [2.05, 4.69) is 39.0 Å². The molecule has 136 valence electrons. The van der Waals surface area contributed by atoms with Crippen LogP contribution in [0.1, 0.15) is 28.8 Å². The number of rotatable bonds is 4. The summed E-state index contributed by atoms with van der Waals surface area (Å²) in [7, 11) is 0. The summed E-state index contributed by atoms with van der Waals surface area (Å²) in [6.07, 6.45) is 4.19. The molecule has 0 N–H and O–H groups in total. The van der Waals surface area contributed by atoms with Crippen molar-refractivity contribution >= 4 is 11.7 Å². The van der Waals surface area contributed by atoms with Gasteiger partial charge < -0.3 is 9.80 Å². The standard InChI is InChI=1S/C21H26N4O/c26-21(19-8-9-22-20(16-19)24-10-4-5-11-24)25-14-12-23(13-15-25)17-18-6-2-1-3-7-18/h1-3,6-9,16H,4-5,10-15,17H2. The van der Waals surface area contributed by atoms with Gasteiger partial charge in [-0.3, -0.25) is 9.69 Å². The second-order valence-electron chi connectivity index (χ2n) is 7.15. The normalized spacial score (nSPS) is 18.3. The van der Waals surface area contributed by atoms with Gasteiger partial charge in [0.15, 0.2) is 0 Å². The number of piperazine rings is 1. The van der Waals surface area contributed by atoms with Crippen LogP contribution < -0.4 is 4.90 Å². The average Bonchev–Trinajstić information content (AvgIpc) is 3.24. The van der Waals surface area contributed by atoms with Gasteiger partial charge in [0, 0.05) is 57.6 Å². The number of carbonyl (C=O) groups is 1. The smallest absolute Gasteiger partial charge is 0.254 e. The topological polar surface area (TPSA) is 39.7 Å². The number of amides is 1. The summed E-state index contributed by atoms with van der Waals surface area (Å²) in [5.41, 5.74) is 2.09. The third kappa shape index (κ3) is 3.88. The minimum atomic E-state index is 0.132. The number of aromatic nitrogens is 1. The van der Waals surface area contributed by atoms with Crippen LogP contribution in [0.25, 0.3) is 0 Å². The second kappa shape index (κ2) is 7.87. The van der Waals surface area contributed by atoms with E-state index in [1.54, 1.807) is 6.20 Å². The van der Waals surface area contributed by atoms with Crippen molar-refractivity contribution in [2.75, 3.05) is 44.2 Å². The Hall–Kier alpha value is -2.40. The highest BCUT2D eigenvalue weighted by Gasteiger charge is 2.23. The fraction of sp³-hybridized carbons (Fsp3) is 0.429. The Labute approximate surface area is 155 Å². The summed E-state index contributed by atoms with van der Waals surface area (Å²) in [6.45, 7) is 6.46. The Bertz CT molecular complexity index is 735. The minimum absolute atomic E-state index is 0.132. The zero-order valence-corrected chi connectivity index (χ0v) is 15.2. The van der Waals surface area contributed by atoms with Crippen LogP contribution in [0.2, 0.25) is 0 Å². The Balaban J connectivity index is 1.35. The molecule has 0 aliphatic carbocycles. The molecule has 4 rings (SSSR count). The summed E-state index contributed by atoms with van der Waals surface area (Å²) in [5, 5.41) is 0. The molecule has 5 heteroatoms. The number of pyridine rings is 1. The van der Waals surface area contributed by atoms with Gasteiger partial charge in [0.1, 0.15) is 5.82 Å². The Morgan fingerprint density at radius 1 is 0.923 bits per heavy atom. The van der Waals surface area contributed by atoms with E-state index < -0.39 is 0 Å². The zero-order valence-electron chi connectivity index (χ0n) is 15.2. The lowest BCUT2D eigenvalue weighted by atomic mass is 10.1. The molecule has 26 heavy (non-hydrogen) atoms. The van der Waals surface area contributed by atoms with Gasteiger partial charge in [-0.1, -0.05) is 30.3 Å². The fourth-order valence-corrected chi connectivity index (χ4v) is 3.80. The maximum Gasteiger partial charge on any atom is 0.254 e. The molecule has 3 heterocycles. The third-order valence-corrected chi connectivity index (χ3v) is 5.33. The van der Waals surface area contributed by atoms with E-state index in [1.165, 1.54) is 18.4 Å². The molecule has 0 atom stereocenters. The van der Waals surface area contributed by atoms with Crippen molar-refractivity contribution in [3.63, 3.8) is 0 Å². The van der Waals surface area contributed by atoms with Gasteiger partial charge >= 0.3 is 0 Å². The maximum absolute atomic E-state index is 12.9. The lowest BCUT2D eigenvalue weighted by Gasteiger charge is -2.35. The molecule has 2 saturated heterocycles. The summed E-state index contributed by atoms with van der Waals surface area (Å²) in [6, 6.07) is 14.3. The summed E-state index contributed by atoms with van der Waals surface area (Å²) in [4.78, 5) is 24.0. The van der Waals surface area contributed by atoms with Crippen molar-refractivity contribution in [1.29, 1.82) is 0 Å². The molecule has 0 unspecified atom stereocenters. The van der Waals surface area contributed by atoms with Crippen LogP contribution in [0.4, 0.5) is 5.82 Å². The van der Waals surface area contributed by atoms with Gasteiger partial charge in [-0.2, -0.15) is 0 Å². The molecule has 1 amide bonds. The van der Waals surface area contributed by atoms with Crippen LogP contribution in [-0.2, 0) is 6.54 Å². The van der Waals surface area contributed by atoms with E-state index in [0.717, 1.165) is 57.2 Å². The van der Waals surface area contributed by atoms with Crippen molar-refractivity contribution in [3.05, 3.63) is 59.8 Å². The van der Waals surface area contributed by atoms with Gasteiger partial charge in [-0.05, 0) is 30.5 Å². The maximum atomic E-state index is 12.9. The van der Waals surface area contributed by atoms with Crippen LogP contribution >= 0.6 is 0 Å². The first-order valence-corrected chi connectivity index (χ1v) is 9.56. The molecule has 2 fully saturated rings. The molecular weight excluding hydrogens is 324 g/mol. The van der Waals surface area contributed by atoms with E-state index in [4.69, 9.17) is 0 Å². The van der Waals surface area contributed by atoms with Crippen LogP contribution in [0.5, 0.6) is 0 Å². The first-order chi connectivity index (χ1) is 12.8. The van der Waals surface area contributed by atoms with Crippen molar-refractivity contribution in [2.45, 2.75) is 19.4 Å². The van der Waals surface area contributed by atoms with Gasteiger partial charge in [-0.25, -0.2) is 4.98 Å². The van der Waals surface area contributed by atoms with Crippen molar-refractivity contribution in [1.82, 2.24) is 14.8 Å². The molecule has 1 aromatic carbocycles. The molecular formula is C21H26N4O. The Morgan fingerprint density at radius 3 is 2.38 bits per heavy atom. The monoisotopic (exact) mass is 350 g/mol. The minimum Gasteiger partial charge on any atom is -0.357 e. The molecule has 2 aliphatic heterocycles. The lowest BCUT2D eigenvalue weighted by Crippen LogP contribution is -2.48. The molecule has 2 aromatic rings.